The van der Waals surface area contributed by atoms with Crippen LogP contribution in [0.4, 0.5) is 0 Å². The molecule has 0 bridgehead atoms. The highest BCUT2D eigenvalue weighted by molar-refractivity contribution is 9.09. The van der Waals surface area contributed by atoms with Crippen molar-refractivity contribution in [3.63, 3.8) is 0 Å². The van der Waals surface area contributed by atoms with E-state index in [0.29, 0.717) is 0 Å². The Hall–Kier alpha value is -1.33. The van der Waals surface area contributed by atoms with E-state index in [1.165, 1.54) is 11.1 Å². The molecular weight excluding hydrogens is 312 g/mol. The molecule has 2 aromatic heterocycles. The highest BCUT2D eigenvalue weighted by atomic mass is 79.9. The van der Waals surface area contributed by atoms with Gasteiger partial charge in [-0.3, -0.25) is 0 Å². The quantitative estimate of drug-likeness (QED) is 0.694. The summed E-state index contributed by atoms with van der Waals surface area (Å²) < 4.78 is 0. The lowest BCUT2D eigenvalue weighted by Crippen LogP contribution is -1.99. The molecule has 1 atom stereocenters. The summed E-state index contributed by atoms with van der Waals surface area (Å²) in [5.41, 5.74) is 5.21. The molecule has 1 unspecified atom stereocenters. The molecule has 2 N–H and O–H groups in total. The van der Waals surface area contributed by atoms with Gasteiger partial charge in [-0.05, 0) is 46.5 Å². The number of benzene rings is 1. The minimum Gasteiger partial charge on any atom is -0.306 e. The summed E-state index contributed by atoms with van der Waals surface area (Å²) in [5.74, 6) is 0. The Kier molecular flexibility index (Phi) is 2.87. The van der Waals surface area contributed by atoms with Crippen molar-refractivity contribution in [2.24, 2.45) is 0 Å². The minimum absolute atomic E-state index is 0.159. The monoisotopic (exact) mass is 322 g/mol. The van der Waals surface area contributed by atoms with E-state index in [9.17, 15) is 4.79 Å². The number of fused-ring (bicyclic) bond motifs is 1. The van der Waals surface area contributed by atoms with E-state index in [-0.39, 0.29) is 10.5 Å². The number of imidazole rings is 1. The van der Waals surface area contributed by atoms with Crippen molar-refractivity contribution in [3.05, 3.63) is 56.1 Å². The van der Waals surface area contributed by atoms with Crippen LogP contribution in [0.1, 0.15) is 21.5 Å². The van der Waals surface area contributed by atoms with E-state index in [4.69, 9.17) is 0 Å². The molecule has 0 aliphatic rings. The molecule has 3 aromatic rings. The largest absolute Gasteiger partial charge is 0.323 e. The van der Waals surface area contributed by atoms with Crippen molar-refractivity contribution in [2.45, 2.75) is 11.8 Å². The molecule has 2 heterocycles. The lowest BCUT2D eigenvalue weighted by molar-refractivity contribution is 1.17. The van der Waals surface area contributed by atoms with E-state index in [0.717, 1.165) is 16.6 Å². The zero-order valence-electron chi connectivity index (χ0n) is 9.66. The molecule has 0 aliphatic carbocycles. The van der Waals surface area contributed by atoms with Gasteiger partial charge in [0.1, 0.15) is 0 Å². The van der Waals surface area contributed by atoms with Crippen LogP contribution in [0.15, 0.2) is 33.8 Å². The summed E-state index contributed by atoms with van der Waals surface area (Å²) in [6.45, 7) is 2.11. The van der Waals surface area contributed by atoms with Gasteiger partial charge in [-0.25, -0.2) is 4.79 Å². The fourth-order valence-corrected chi connectivity index (χ4v) is 3.85. The normalized spacial score (nSPS) is 13.0. The molecule has 0 amide bonds. The van der Waals surface area contributed by atoms with Gasteiger partial charge in [-0.1, -0.05) is 22.0 Å². The Morgan fingerprint density at radius 1 is 1.22 bits per heavy atom. The molecule has 5 heteroatoms. The van der Waals surface area contributed by atoms with Crippen molar-refractivity contribution >= 4 is 38.3 Å². The van der Waals surface area contributed by atoms with Gasteiger partial charge in [-0.15, -0.1) is 0 Å². The minimum atomic E-state index is -0.167. The molecule has 18 heavy (non-hydrogen) atoms. The number of aryl methyl sites for hydroxylation is 1. The molecule has 0 aliphatic heterocycles. The Morgan fingerprint density at radius 3 is 2.72 bits per heavy atom. The second-order valence-electron chi connectivity index (χ2n) is 4.26. The maximum atomic E-state index is 11.2. The summed E-state index contributed by atoms with van der Waals surface area (Å²) >= 11 is 5.42. The van der Waals surface area contributed by atoms with Gasteiger partial charge in [0.15, 0.2) is 0 Å². The SMILES string of the molecule is Cc1cscc1C(Br)c1ccc2[nH]c(=O)[nH]c2c1. The summed E-state index contributed by atoms with van der Waals surface area (Å²) in [4.78, 5) is 16.9. The predicted molar refractivity (Wildman–Crippen MR) is 78.7 cm³/mol. The van der Waals surface area contributed by atoms with Gasteiger partial charge in [0.25, 0.3) is 0 Å². The molecular formula is C13H11BrN2OS. The number of alkyl halides is 1. The van der Waals surface area contributed by atoms with E-state index in [1.807, 2.05) is 18.2 Å². The summed E-state index contributed by atoms with van der Waals surface area (Å²) in [6.07, 6.45) is 0. The van der Waals surface area contributed by atoms with E-state index in [1.54, 1.807) is 11.3 Å². The van der Waals surface area contributed by atoms with Crippen molar-refractivity contribution in [3.8, 4) is 0 Å². The van der Waals surface area contributed by atoms with Crippen LogP contribution < -0.4 is 5.69 Å². The van der Waals surface area contributed by atoms with Crippen molar-refractivity contribution < 1.29 is 0 Å². The van der Waals surface area contributed by atoms with E-state index < -0.39 is 0 Å². The third-order valence-corrected chi connectivity index (χ3v) is 4.90. The molecule has 0 radical (unpaired) electrons. The maximum Gasteiger partial charge on any atom is 0.323 e. The number of hydrogen-bond donors (Lipinski definition) is 2. The number of H-pyrrole nitrogens is 2. The fraction of sp³-hybridized carbons (Fsp3) is 0.154. The van der Waals surface area contributed by atoms with Crippen LogP contribution in [0.25, 0.3) is 11.0 Å². The van der Waals surface area contributed by atoms with Crippen molar-refractivity contribution in [1.29, 1.82) is 0 Å². The number of rotatable bonds is 2. The number of halogens is 1. The average Bonchev–Trinajstić information content (AvgIpc) is 2.91. The van der Waals surface area contributed by atoms with Gasteiger partial charge in [0.2, 0.25) is 0 Å². The molecule has 92 valence electrons. The zero-order chi connectivity index (χ0) is 12.7. The van der Waals surface area contributed by atoms with Crippen LogP contribution >= 0.6 is 27.3 Å². The topological polar surface area (TPSA) is 48.6 Å². The number of nitrogens with one attached hydrogen (secondary N) is 2. The van der Waals surface area contributed by atoms with Gasteiger partial charge in [0.05, 0.1) is 15.9 Å². The third-order valence-electron chi connectivity index (χ3n) is 3.00. The molecule has 3 rings (SSSR count). The van der Waals surface area contributed by atoms with Gasteiger partial charge >= 0.3 is 5.69 Å². The number of hydrogen-bond acceptors (Lipinski definition) is 2. The third kappa shape index (κ3) is 1.93. The summed E-state index contributed by atoms with van der Waals surface area (Å²) in [6, 6.07) is 5.96. The van der Waals surface area contributed by atoms with E-state index >= 15 is 0 Å². The van der Waals surface area contributed by atoms with Crippen LogP contribution in [0.3, 0.4) is 0 Å². The molecule has 0 saturated heterocycles. The Morgan fingerprint density at radius 2 is 2.00 bits per heavy atom. The highest BCUT2D eigenvalue weighted by Crippen LogP contribution is 2.35. The Balaban J connectivity index is 2.09. The van der Waals surface area contributed by atoms with Crippen LogP contribution in [-0.2, 0) is 0 Å². The Bertz CT molecular complexity index is 756. The standard InChI is InChI=1S/C13H11BrN2OS/c1-7-5-18-6-9(7)12(14)8-2-3-10-11(4-8)16-13(17)15-10/h2-6,12H,1H3,(H2,15,16,17). The summed E-state index contributed by atoms with van der Waals surface area (Å²) in [5, 5.41) is 4.29. The summed E-state index contributed by atoms with van der Waals surface area (Å²) in [7, 11) is 0. The number of aromatic amines is 2. The van der Waals surface area contributed by atoms with Gasteiger partial charge in [0, 0.05) is 0 Å². The molecule has 0 fully saturated rings. The molecule has 1 aromatic carbocycles. The molecule has 3 nitrogen and oxygen atoms in total. The fourth-order valence-electron chi connectivity index (χ4n) is 2.02. The van der Waals surface area contributed by atoms with E-state index in [2.05, 4.69) is 43.6 Å². The highest BCUT2D eigenvalue weighted by Gasteiger charge is 2.14. The van der Waals surface area contributed by atoms with Crippen molar-refractivity contribution in [1.82, 2.24) is 9.97 Å². The second kappa shape index (κ2) is 4.40. The van der Waals surface area contributed by atoms with Gasteiger partial charge < -0.3 is 9.97 Å². The molecule has 0 saturated carbocycles. The zero-order valence-corrected chi connectivity index (χ0v) is 12.1. The Labute approximate surface area is 116 Å². The number of thiophene rings is 1. The van der Waals surface area contributed by atoms with Crippen LogP contribution in [-0.4, -0.2) is 9.97 Å². The van der Waals surface area contributed by atoms with Crippen molar-refractivity contribution in [2.75, 3.05) is 0 Å². The first-order valence-corrected chi connectivity index (χ1v) is 7.39. The maximum absolute atomic E-state index is 11.2. The van der Waals surface area contributed by atoms with Crippen LogP contribution in [0.5, 0.6) is 0 Å². The first kappa shape index (κ1) is 11.7. The average molecular weight is 323 g/mol. The second-order valence-corrected chi connectivity index (χ2v) is 5.92. The van der Waals surface area contributed by atoms with Crippen LogP contribution in [0.2, 0.25) is 0 Å². The predicted octanol–water partition coefficient (Wildman–Crippen LogP) is 3.71. The molecule has 0 spiro atoms. The first-order valence-electron chi connectivity index (χ1n) is 5.54. The lowest BCUT2D eigenvalue weighted by Gasteiger charge is -2.10. The lowest BCUT2D eigenvalue weighted by atomic mass is 10.0. The van der Waals surface area contributed by atoms with Crippen LogP contribution in [0, 0.1) is 6.92 Å². The smallest absolute Gasteiger partial charge is 0.306 e. The first-order chi connectivity index (χ1) is 8.65. The van der Waals surface area contributed by atoms with Gasteiger partial charge in [-0.2, -0.15) is 11.3 Å². The number of aromatic nitrogens is 2.